The third-order valence-electron chi connectivity index (χ3n) is 2.96. The second kappa shape index (κ2) is 6.34. The molecule has 112 valence electrons. The minimum absolute atomic E-state index is 0.0980. The normalized spacial score (nSPS) is 11.3. The summed E-state index contributed by atoms with van der Waals surface area (Å²) in [6.07, 6.45) is 0. The molecule has 0 unspecified atom stereocenters. The third-order valence-corrected chi connectivity index (χ3v) is 4.66. The van der Waals surface area contributed by atoms with Gasteiger partial charge in [-0.1, -0.05) is 23.7 Å². The van der Waals surface area contributed by atoms with Gasteiger partial charge < -0.3 is 10.4 Å². The summed E-state index contributed by atoms with van der Waals surface area (Å²) in [4.78, 5) is 0.147. The Kier molecular flexibility index (Phi) is 4.72. The topological polar surface area (TPSA) is 78.4 Å². The summed E-state index contributed by atoms with van der Waals surface area (Å²) in [5.74, 6) is 0.0980. The van der Waals surface area contributed by atoms with Gasteiger partial charge in [0.2, 0.25) is 10.0 Å². The number of anilines is 1. The molecule has 0 aliphatic heterocycles. The van der Waals surface area contributed by atoms with Crippen LogP contribution in [0.2, 0.25) is 5.02 Å². The van der Waals surface area contributed by atoms with Crippen molar-refractivity contribution < 1.29 is 13.5 Å². The molecule has 2 aromatic rings. The molecule has 0 aliphatic carbocycles. The van der Waals surface area contributed by atoms with E-state index in [-0.39, 0.29) is 17.2 Å². The number of phenolic OH excluding ortho intramolecular Hbond substituents is 1. The third kappa shape index (κ3) is 3.66. The molecule has 0 fully saturated rings. The Morgan fingerprint density at radius 3 is 2.62 bits per heavy atom. The van der Waals surface area contributed by atoms with E-state index in [1.54, 1.807) is 30.3 Å². The van der Waals surface area contributed by atoms with Gasteiger partial charge in [0.05, 0.1) is 5.69 Å². The van der Waals surface area contributed by atoms with Gasteiger partial charge in [-0.3, -0.25) is 0 Å². The zero-order valence-electron chi connectivity index (χ0n) is 11.3. The molecule has 0 saturated carbocycles. The molecule has 0 bridgehead atoms. The molecule has 0 atom stereocenters. The summed E-state index contributed by atoms with van der Waals surface area (Å²) in [6, 6.07) is 11.2. The van der Waals surface area contributed by atoms with Gasteiger partial charge in [-0.05, 0) is 37.4 Å². The molecule has 2 aromatic carbocycles. The van der Waals surface area contributed by atoms with Gasteiger partial charge in [0.1, 0.15) is 10.6 Å². The van der Waals surface area contributed by atoms with Gasteiger partial charge in [-0.15, -0.1) is 0 Å². The molecule has 3 N–H and O–H groups in total. The predicted octanol–water partition coefficient (Wildman–Crippen LogP) is 2.57. The van der Waals surface area contributed by atoms with Crippen LogP contribution in [0, 0.1) is 0 Å². The van der Waals surface area contributed by atoms with Gasteiger partial charge in [0.15, 0.2) is 0 Å². The van der Waals surface area contributed by atoms with Crippen molar-refractivity contribution in [3.63, 3.8) is 0 Å². The maximum absolute atomic E-state index is 11.9. The van der Waals surface area contributed by atoms with Crippen molar-refractivity contribution >= 4 is 27.3 Å². The molecule has 0 aliphatic rings. The molecular weight excluding hydrogens is 312 g/mol. The molecule has 0 radical (unpaired) electrons. The van der Waals surface area contributed by atoms with Gasteiger partial charge in [-0.25, -0.2) is 13.1 Å². The summed E-state index contributed by atoms with van der Waals surface area (Å²) in [6.45, 7) is 0.253. The Morgan fingerprint density at radius 1 is 1.19 bits per heavy atom. The number of para-hydroxylation sites is 1. The Morgan fingerprint density at radius 2 is 1.90 bits per heavy atom. The zero-order chi connectivity index (χ0) is 15.5. The highest BCUT2D eigenvalue weighted by molar-refractivity contribution is 7.89. The first kappa shape index (κ1) is 15.6. The average molecular weight is 327 g/mol. The zero-order valence-corrected chi connectivity index (χ0v) is 12.9. The molecule has 0 spiro atoms. The number of nitrogens with one attached hydrogen (secondary N) is 2. The molecule has 5 nitrogen and oxygen atoms in total. The fourth-order valence-electron chi connectivity index (χ4n) is 1.84. The van der Waals surface area contributed by atoms with Crippen LogP contribution < -0.4 is 10.0 Å². The van der Waals surface area contributed by atoms with E-state index in [1.807, 2.05) is 0 Å². The van der Waals surface area contributed by atoms with E-state index in [9.17, 15) is 13.5 Å². The summed E-state index contributed by atoms with van der Waals surface area (Å²) in [7, 11) is -2.20. The standard InChI is InChI=1S/C14H15ClN2O3S/c1-16-21(19,20)14-5-3-2-4-12(14)17-9-10-8-11(15)6-7-13(10)18/h2-8,16-18H,9H2,1H3. The van der Waals surface area contributed by atoms with Crippen LogP contribution in [-0.2, 0) is 16.6 Å². The lowest BCUT2D eigenvalue weighted by molar-refractivity contribution is 0.469. The number of hydrogen-bond acceptors (Lipinski definition) is 4. The second-order valence-electron chi connectivity index (χ2n) is 4.33. The van der Waals surface area contributed by atoms with Gasteiger partial charge >= 0.3 is 0 Å². The summed E-state index contributed by atoms with van der Waals surface area (Å²) in [5.41, 5.74) is 1.03. The maximum Gasteiger partial charge on any atom is 0.242 e. The highest BCUT2D eigenvalue weighted by Crippen LogP contribution is 2.25. The average Bonchev–Trinajstić information content (AvgIpc) is 2.48. The summed E-state index contributed by atoms with van der Waals surface area (Å²) < 4.78 is 26.1. The largest absolute Gasteiger partial charge is 0.508 e. The van der Waals surface area contributed by atoms with Crippen molar-refractivity contribution in [1.82, 2.24) is 4.72 Å². The van der Waals surface area contributed by atoms with Crippen molar-refractivity contribution in [1.29, 1.82) is 0 Å². The van der Waals surface area contributed by atoms with Crippen molar-refractivity contribution in [2.75, 3.05) is 12.4 Å². The number of halogens is 1. The lowest BCUT2D eigenvalue weighted by atomic mass is 10.2. The van der Waals surface area contributed by atoms with Crippen LogP contribution in [0.3, 0.4) is 0 Å². The van der Waals surface area contributed by atoms with Gasteiger partial charge in [0.25, 0.3) is 0 Å². The minimum Gasteiger partial charge on any atom is -0.508 e. The highest BCUT2D eigenvalue weighted by Gasteiger charge is 2.16. The smallest absolute Gasteiger partial charge is 0.242 e. The van der Waals surface area contributed by atoms with Crippen LogP contribution in [0.4, 0.5) is 5.69 Å². The maximum atomic E-state index is 11.9. The summed E-state index contributed by atoms with van der Waals surface area (Å²) in [5, 5.41) is 13.3. The Hall–Kier alpha value is -1.76. The van der Waals surface area contributed by atoms with Crippen molar-refractivity contribution in [2.45, 2.75) is 11.4 Å². The number of benzene rings is 2. The van der Waals surface area contributed by atoms with Crippen molar-refractivity contribution in [3.8, 4) is 5.75 Å². The van der Waals surface area contributed by atoms with Crippen LogP contribution in [0.15, 0.2) is 47.4 Å². The van der Waals surface area contributed by atoms with E-state index in [0.717, 1.165) is 0 Å². The Bertz CT molecular complexity index is 748. The van der Waals surface area contributed by atoms with Gasteiger partial charge in [-0.2, -0.15) is 0 Å². The van der Waals surface area contributed by atoms with Crippen LogP contribution >= 0.6 is 11.6 Å². The van der Waals surface area contributed by atoms with Crippen LogP contribution in [0.1, 0.15) is 5.56 Å². The SMILES string of the molecule is CNS(=O)(=O)c1ccccc1NCc1cc(Cl)ccc1O. The van der Waals surface area contributed by atoms with Crippen molar-refractivity contribution in [3.05, 3.63) is 53.1 Å². The van der Waals surface area contributed by atoms with Gasteiger partial charge in [0, 0.05) is 17.1 Å². The first-order valence-electron chi connectivity index (χ1n) is 6.18. The highest BCUT2D eigenvalue weighted by atomic mass is 35.5. The van der Waals surface area contributed by atoms with E-state index >= 15 is 0 Å². The molecule has 0 heterocycles. The fraction of sp³-hybridized carbons (Fsp3) is 0.143. The molecular formula is C14H15ClN2O3S. The lowest BCUT2D eigenvalue weighted by Gasteiger charge is -2.13. The Labute approximate surface area is 128 Å². The number of aromatic hydroxyl groups is 1. The monoisotopic (exact) mass is 326 g/mol. The first-order chi connectivity index (χ1) is 9.94. The van der Waals surface area contributed by atoms with Crippen LogP contribution in [0.5, 0.6) is 5.75 Å². The van der Waals surface area contributed by atoms with E-state index in [2.05, 4.69) is 10.0 Å². The summed E-state index contributed by atoms with van der Waals surface area (Å²) >= 11 is 5.88. The number of rotatable bonds is 5. The van der Waals surface area contributed by atoms with Crippen LogP contribution in [0.25, 0.3) is 0 Å². The number of sulfonamides is 1. The van der Waals surface area contributed by atoms with Crippen molar-refractivity contribution in [2.24, 2.45) is 0 Å². The predicted molar refractivity (Wildman–Crippen MR) is 83.1 cm³/mol. The molecule has 7 heteroatoms. The number of phenols is 1. The van der Waals surface area contributed by atoms with E-state index in [4.69, 9.17) is 11.6 Å². The quantitative estimate of drug-likeness (QED) is 0.789. The minimum atomic E-state index is -3.55. The van der Waals surface area contributed by atoms with E-state index in [1.165, 1.54) is 19.2 Å². The second-order valence-corrected chi connectivity index (χ2v) is 6.62. The molecule has 0 aromatic heterocycles. The lowest BCUT2D eigenvalue weighted by Crippen LogP contribution is -2.20. The number of hydrogen-bond donors (Lipinski definition) is 3. The molecule has 0 amide bonds. The molecule has 2 rings (SSSR count). The Balaban J connectivity index is 2.27. The molecule has 0 saturated heterocycles. The molecule has 21 heavy (non-hydrogen) atoms. The van der Waals surface area contributed by atoms with Crippen LogP contribution in [-0.4, -0.2) is 20.6 Å². The van der Waals surface area contributed by atoms with E-state index < -0.39 is 10.0 Å². The van der Waals surface area contributed by atoms with E-state index in [0.29, 0.717) is 16.3 Å². The first-order valence-corrected chi connectivity index (χ1v) is 8.04. The fourth-order valence-corrected chi connectivity index (χ4v) is 2.95.